The molecule has 6 heteroatoms. The zero-order valence-electron chi connectivity index (χ0n) is 23.2. The summed E-state index contributed by atoms with van der Waals surface area (Å²) in [5.41, 5.74) is 10.2. The molecule has 2 aliphatic heterocycles. The molecule has 0 saturated carbocycles. The first kappa shape index (κ1) is 25.5. The summed E-state index contributed by atoms with van der Waals surface area (Å²) < 4.78 is 6.47. The van der Waals surface area contributed by atoms with Crippen LogP contribution in [0.1, 0.15) is 59.0 Å². The molecule has 200 valence electrons. The summed E-state index contributed by atoms with van der Waals surface area (Å²) in [5, 5.41) is 8.74. The van der Waals surface area contributed by atoms with E-state index >= 15 is 0 Å². The van der Waals surface area contributed by atoms with Gasteiger partial charge in [0.05, 0.1) is 11.2 Å². The number of pyridine rings is 1. The molecule has 2 aromatic carbocycles. The number of benzene rings is 2. The number of para-hydroxylation sites is 1. The number of piperidine rings is 1. The van der Waals surface area contributed by atoms with Crippen molar-refractivity contribution < 1.29 is 4.74 Å². The minimum absolute atomic E-state index is 0.532. The zero-order chi connectivity index (χ0) is 26.8. The number of rotatable bonds is 8. The second-order valence-electron chi connectivity index (χ2n) is 11.0. The van der Waals surface area contributed by atoms with Crippen molar-refractivity contribution >= 4 is 22.8 Å². The van der Waals surface area contributed by atoms with Crippen molar-refractivity contribution in [3.63, 3.8) is 0 Å². The van der Waals surface area contributed by atoms with Gasteiger partial charge in [-0.05, 0) is 93.9 Å². The molecule has 1 fully saturated rings. The predicted molar refractivity (Wildman–Crippen MR) is 159 cm³/mol. The van der Waals surface area contributed by atoms with Gasteiger partial charge in [-0.25, -0.2) is 0 Å². The number of aromatic nitrogens is 3. The molecule has 2 aromatic heterocycles. The number of hydrogen-bond acceptors (Lipinski definition) is 5. The summed E-state index contributed by atoms with van der Waals surface area (Å²) in [6.45, 7) is 10.0. The van der Waals surface area contributed by atoms with E-state index < -0.39 is 0 Å². The Hall–Kier alpha value is -3.77. The Kier molecular flexibility index (Phi) is 7.29. The molecule has 39 heavy (non-hydrogen) atoms. The maximum atomic E-state index is 6.47. The van der Waals surface area contributed by atoms with E-state index in [1.165, 1.54) is 40.5 Å². The number of aryl methyl sites for hydroxylation is 3. The molecule has 0 aliphatic carbocycles. The first-order chi connectivity index (χ1) is 19.0. The monoisotopic (exact) mass is 519 g/mol. The number of likely N-dealkylation sites (tertiary alicyclic amines) is 1. The van der Waals surface area contributed by atoms with Gasteiger partial charge in [-0.15, -0.1) is 0 Å². The van der Waals surface area contributed by atoms with Gasteiger partial charge in [0.25, 0.3) is 0 Å². The summed E-state index contributed by atoms with van der Waals surface area (Å²) in [4.78, 5) is 11.9. The second-order valence-corrected chi connectivity index (χ2v) is 11.0. The summed E-state index contributed by atoms with van der Waals surface area (Å²) >= 11 is 0. The number of H-pyrrole nitrogens is 1. The second kappa shape index (κ2) is 11.1. The third-order valence-electron chi connectivity index (χ3n) is 8.16. The Morgan fingerprint density at radius 1 is 1.00 bits per heavy atom. The fraction of sp³-hybridized carbons (Fsp3) is 0.364. The summed E-state index contributed by atoms with van der Waals surface area (Å²) in [6, 6.07) is 19.6. The number of fused-ring (bicyclic) bond motifs is 1. The van der Waals surface area contributed by atoms with Crippen molar-refractivity contribution in [2.24, 2.45) is 4.99 Å². The number of nitrogens with one attached hydrogen (secondary N) is 1. The van der Waals surface area contributed by atoms with E-state index in [2.05, 4.69) is 82.5 Å². The fourth-order valence-corrected chi connectivity index (χ4v) is 6.01. The maximum Gasteiger partial charge on any atom is 0.125 e. The molecule has 1 saturated heterocycles. The summed E-state index contributed by atoms with van der Waals surface area (Å²) in [7, 11) is 0. The molecule has 6 nitrogen and oxygen atoms in total. The average molecular weight is 520 g/mol. The van der Waals surface area contributed by atoms with E-state index in [1.807, 2.05) is 19.2 Å². The Balaban J connectivity index is 1.08. The highest BCUT2D eigenvalue weighted by atomic mass is 16.5. The van der Waals surface area contributed by atoms with Crippen LogP contribution < -0.4 is 4.74 Å². The van der Waals surface area contributed by atoms with Gasteiger partial charge in [-0.1, -0.05) is 36.4 Å². The van der Waals surface area contributed by atoms with Gasteiger partial charge in [-0.3, -0.25) is 15.1 Å². The third-order valence-corrected chi connectivity index (χ3v) is 8.16. The standard InChI is InChI=1S/C33H37N5O/c1-22-6-4-7-26(33(22)39-21-27-12-16-34-32(27)31-20-24(3)36-37-31)15-19-38-17-13-25(14-18-38)28-8-5-9-30-29(28)11-10-23(2)35-30/h4-11,16,20,25H,12-15,17-19,21H2,1-3H3,(H,36,37). The molecule has 1 N–H and O–H groups in total. The molecule has 4 heterocycles. The van der Waals surface area contributed by atoms with E-state index in [1.54, 1.807) is 0 Å². The van der Waals surface area contributed by atoms with Crippen LogP contribution in [-0.2, 0) is 6.42 Å². The van der Waals surface area contributed by atoms with E-state index in [0.717, 1.165) is 66.5 Å². The first-order valence-electron chi connectivity index (χ1n) is 14.1. The Labute approximate surface area is 230 Å². The van der Waals surface area contributed by atoms with Gasteiger partial charge >= 0.3 is 0 Å². The van der Waals surface area contributed by atoms with E-state index in [9.17, 15) is 0 Å². The number of nitrogens with zero attached hydrogens (tertiary/aromatic N) is 4. The minimum atomic E-state index is 0.532. The van der Waals surface area contributed by atoms with Gasteiger partial charge < -0.3 is 9.64 Å². The molecular weight excluding hydrogens is 482 g/mol. The lowest BCUT2D eigenvalue weighted by atomic mass is 9.87. The fourth-order valence-electron chi connectivity index (χ4n) is 6.01. The van der Waals surface area contributed by atoms with Crippen molar-refractivity contribution in [3.8, 4) is 5.75 Å². The van der Waals surface area contributed by atoms with Crippen molar-refractivity contribution in [1.29, 1.82) is 0 Å². The normalized spacial score (nSPS) is 16.5. The smallest absolute Gasteiger partial charge is 0.125 e. The SMILES string of the molecule is Cc1ccc2c(C3CCN(CCc4cccc(C)c4OCC4=C(c5cc(C)[nH]n5)N=CC4)CC3)cccc2n1. The van der Waals surface area contributed by atoms with Crippen LogP contribution in [0.3, 0.4) is 0 Å². The zero-order valence-corrected chi connectivity index (χ0v) is 23.2. The molecule has 0 radical (unpaired) electrons. The molecule has 0 bridgehead atoms. The van der Waals surface area contributed by atoms with Crippen molar-refractivity contribution in [2.45, 2.75) is 52.4 Å². The molecule has 2 aliphatic rings. The number of aliphatic imine (C=N–C) groups is 1. The molecule has 0 spiro atoms. The van der Waals surface area contributed by atoms with E-state index in [-0.39, 0.29) is 0 Å². The van der Waals surface area contributed by atoms with Crippen LogP contribution >= 0.6 is 0 Å². The van der Waals surface area contributed by atoms with Crippen LogP contribution in [0.25, 0.3) is 16.6 Å². The first-order valence-corrected chi connectivity index (χ1v) is 14.1. The molecule has 4 aromatic rings. The number of aromatic amines is 1. The number of hydrogen-bond donors (Lipinski definition) is 1. The van der Waals surface area contributed by atoms with Gasteiger partial charge in [0.1, 0.15) is 18.1 Å². The van der Waals surface area contributed by atoms with Crippen LogP contribution in [0.2, 0.25) is 0 Å². The van der Waals surface area contributed by atoms with Crippen LogP contribution in [0, 0.1) is 20.8 Å². The Morgan fingerprint density at radius 3 is 2.67 bits per heavy atom. The van der Waals surface area contributed by atoms with Crippen LogP contribution in [-0.4, -0.2) is 52.5 Å². The molecular formula is C33H37N5O. The quantitative estimate of drug-likeness (QED) is 0.286. The average Bonchev–Trinajstić information content (AvgIpc) is 3.60. The van der Waals surface area contributed by atoms with Gasteiger partial charge in [0.2, 0.25) is 0 Å². The highest BCUT2D eigenvalue weighted by molar-refractivity contribution is 5.84. The molecule has 6 rings (SSSR count). The van der Waals surface area contributed by atoms with Gasteiger partial charge in [0.15, 0.2) is 0 Å². The summed E-state index contributed by atoms with van der Waals surface area (Å²) in [6.07, 6.45) is 6.13. The largest absolute Gasteiger partial charge is 0.489 e. The van der Waals surface area contributed by atoms with Crippen molar-refractivity contribution in [3.05, 3.63) is 93.9 Å². The predicted octanol–water partition coefficient (Wildman–Crippen LogP) is 6.57. The highest BCUT2D eigenvalue weighted by Gasteiger charge is 2.23. The van der Waals surface area contributed by atoms with Crippen LogP contribution in [0.15, 0.2) is 65.2 Å². The van der Waals surface area contributed by atoms with Crippen molar-refractivity contribution in [1.82, 2.24) is 20.1 Å². The van der Waals surface area contributed by atoms with Gasteiger partial charge in [-0.2, -0.15) is 5.10 Å². The molecule has 0 atom stereocenters. The Morgan fingerprint density at radius 2 is 1.85 bits per heavy atom. The minimum Gasteiger partial charge on any atom is -0.489 e. The van der Waals surface area contributed by atoms with E-state index in [0.29, 0.717) is 12.5 Å². The van der Waals surface area contributed by atoms with Crippen LogP contribution in [0.4, 0.5) is 0 Å². The van der Waals surface area contributed by atoms with E-state index in [4.69, 9.17) is 9.72 Å². The Bertz CT molecular complexity index is 1540. The third kappa shape index (κ3) is 5.52. The van der Waals surface area contributed by atoms with Gasteiger partial charge in [0, 0.05) is 41.5 Å². The lowest BCUT2D eigenvalue weighted by Crippen LogP contribution is -2.34. The molecule has 0 unspecified atom stereocenters. The highest BCUT2D eigenvalue weighted by Crippen LogP contribution is 2.33. The summed E-state index contributed by atoms with van der Waals surface area (Å²) in [5.74, 6) is 1.62. The van der Waals surface area contributed by atoms with Crippen molar-refractivity contribution in [2.75, 3.05) is 26.2 Å². The number of ether oxygens (including phenoxy) is 1. The molecule has 0 amide bonds. The lowest BCUT2D eigenvalue weighted by molar-refractivity contribution is 0.214. The maximum absolute atomic E-state index is 6.47. The van der Waals surface area contributed by atoms with Crippen LogP contribution in [0.5, 0.6) is 5.75 Å². The lowest BCUT2D eigenvalue weighted by Gasteiger charge is -2.32. The topological polar surface area (TPSA) is 66.4 Å².